The normalized spacial score (nSPS) is 12.4. The monoisotopic (exact) mass is 592 g/mol. The highest BCUT2D eigenvalue weighted by atomic mass is 32.2. The molecule has 7 rings (SSSR count). The number of ether oxygens (including phenoxy) is 3. The summed E-state index contributed by atoms with van der Waals surface area (Å²) in [6.45, 7) is 0. The molecule has 0 unspecified atom stereocenters. The molecule has 0 fully saturated rings. The third-order valence-corrected chi connectivity index (χ3v) is 9.51. The number of rotatable bonds is 7. The molecule has 0 spiro atoms. The summed E-state index contributed by atoms with van der Waals surface area (Å²) in [6, 6.07) is 37.6. The van der Waals surface area contributed by atoms with Crippen LogP contribution in [0.1, 0.15) is 0 Å². The van der Waals surface area contributed by atoms with Crippen LogP contribution in [-0.2, 0) is 0 Å². The van der Waals surface area contributed by atoms with Crippen LogP contribution in [-0.4, -0.2) is 0 Å². The molecule has 0 amide bonds. The summed E-state index contributed by atoms with van der Waals surface area (Å²) in [7, 11) is -0.915. The fourth-order valence-electron chi connectivity index (χ4n) is 4.97. The van der Waals surface area contributed by atoms with Crippen LogP contribution < -0.4 is 14.2 Å². The number of halogens is 3. The van der Waals surface area contributed by atoms with Crippen LogP contribution >= 0.6 is 10.9 Å². The van der Waals surface area contributed by atoms with E-state index in [1.807, 2.05) is 36.4 Å². The number of hydrogen-bond donors (Lipinski definition) is 1. The maximum absolute atomic E-state index is 13.4. The number of fused-ring (bicyclic) bond motifs is 3. The van der Waals surface area contributed by atoms with Gasteiger partial charge in [0.15, 0.2) is 0 Å². The molecular formula is C36H23F3O3S. The van der Waals surface area contributed by atoms with Gasteiger partial charge in [0.1, 0.15) is 51.9 Å². The largest absolute Gasteiger partial charge is 0.457 e. The van der Waals surface area contributed by atoms with E-state index in [1.165, 1.54) is 36.4 Å². The average Bonchev–Trinajstić information content (AvgIpc) is 3.34. The summed E-state index contributed by atoms with van der Waals surface area (Å²) in [5.74, 6) is 2.55. The molecule has 1 aliphatic heterocycles. The van der Waals surface area contributed by atoms with Crippen molar-refractivity contribution in [1.29, 1.82) is 0 Å². The first-order valence-corrected chi connectivity index (χ1v) is 14.8. The third kappa shape index (κ3) is 5.67. The van der Waals surface area contributed by atoms with Crippen molar-refractivity contribution in [1.82, 2.24) is 0 Å². The smallest absolute Gasteiger partial charge is 0.128 e. The van der Waals surface area contributed by atoms with Crippen LogP contribution in [0.15, 0.2) is 148 Å². The Morgan fingerprint density at radius 1 is 0.349 bits per heavy atom. The molecule has 0 aliphatic carbocycles. The lowest BCUT2D eigenvalue weighted by Gasteiger charge is -2.20. The van der Waals surface area contributed by atoms with E-state index in [0.29, 0.717) is 34.5 Å². The number of thiol groups is 1. The molecule has 0 saturated carbocycles. The fraction of sp³-hybridized carbons (Fsp3) is 0. The van der Waals surface area contributed by atoms with Gasteiger partial charge in [-0.1, -0.05) is 0 Å². The van der Waals surface area contributed by atoms with Crippen LogP contribution in [0.4, 0.5) is 13.2 Å². The Labute approximate surface area is 249 Å². The van der Waals surface area contributed by atoms with Crippen LogP contribution in [0.2, 0.25) is 0 Å². The van der Waals surface area contributed by atoms with E-state index in [-0.39, 0.29) is 17.5 Å². The lowest BCUT2D eigenvalue weighted by atomic mass is 10.1. The standard InChI is InChI=1S/C36H23F3O3S/c37-23-1-7-26(8-2-23)40-29-13-17-32(18-14-29)43-35-19-15-30(41-27-9-3-24(38)4-10-27)21-33(35)34-22-31(16-20-36(34)43)42-28-11-5-25(39)6-12-28/h1-22,43H. The summed E-state index contributed by atoms with van der Waals surface area (Å²) in [5, 5.41) is 0. The molecule has 212 valence electrons. The fourth-order valence-corrected chi connectivity index (χ4v) is 7.53. The van der Waals surface area contributed by atoms with Crippen molar-refractivity contribution in [2.45, 2.75) is 14.7 Å². The van der Waals surface area contributed by atoms with Crippen molar-refractivity contribution in [2.75, 3.05) is 0 Å². The van der Waals surface area contributed by atoms with Crippen LogP contribution in [0.5, 0.6) is 34.5 Å². The van der Waals surface area contributed by atoms with Crippen molar-refractivity contribution in [3.63, 3.8) is 0 Å². The quantitative estimate of drug-likeness (QED) is 0.187. The second kappa shape index (κ2) is 11.3. The molecule has 0 radical (unpaired) electrons. The number of benzene rings is 6. The van der Waals surface area contributed by atoms with E-state index < -0.39 is 10.9 Å². The van der Waals surface area contributed by atoms with E-state index >= 15 is 0 Å². The van der Waals surface area contributed by atoms with Crippen LogP contribution in [0.3, 0.4) is 0 Å². The van der Waals surface area contributed by atoms with E-state index in [2.05, 4.69) is 24.3 Å². The molecule has 0 bridgehead atoms. The first kappa shape index (κ1) is 26.7. The summed E-state index contributed by atoms with van der Waals surface area (Å²) < 4.78 is 58.2. The Balaban J connectivity index is 1.24. The van der Waals surface area contributed by atoms with E-state index in [9.17, 15) is 13.2 Å². The average molecular weight is 593 g/mol. The summed E-state index contributed by atoms with van der Waals surface area (Å²) >= 11 is 0. The minimum absolute atomic E-state index is 0.318. The Morgan fingerprint density at radius 3 is 1.02 bits per heavy atom. The first-order chi connectivity index (χ1) is 21.0. The molecule has 1 aliphatic rings. The maximum Gasteiger partial charge on any atom is 0.128 e. The van der Waals surface area contributed by atoms with Crippen molar-refractivity contribution in [3.8, 4) is 45.6 Å². The molecule has 0 aromatic heterocycles. The molecule has 0 atom stereocenters. The Hall–Kier alpha value is -5.14. The highest BCUT2D eigenvalue weighted by Crippen LogP contribution is 2.63. The zero-order valence-electron chi connectivity index (χ0n) is 22.5. The van der Waals surface area contributed by atoms with E-state index in [0.717, 1.165) is 25.8 Å². The topological polar surface area (TPSA) is 27.7 Å². The Kier molecular flexibility index (Phi) is 7.01. The molecule has 6 aromatic carbocycles. The molecule has 3 nitrogen and oxygen atoms in total. The van der Waals surface area contributed by atoms with E-state index in [4.69, 9.17) is 14.2 Å². The number of hydrogen-bond acceptors (Lipinski definition) is 3. The van der Waals surface area contributed by atoms with Gasteiger partial charge in [-0.25, -0.2) is 13.2 Å². The van der Waals surface area contributed by atoms with Gasteiger partial charge < -0.3 is 14.2 Å². The SMILES string of the molecule is Fc1ccc(Oc2ccc([SH]3c4ccc(Oc5ccc(F)cc5)cc4-c4cc(Oc5ccc(F)cc5)ccc43)cc2)cc1. The van der Waals surface area contributed by atoms with Gasteiger partial charge in [-0.3, -0.25) is 0 Å². The second-order valence-electron chi connectivity index (χ2n) is 9.86. The predicted molar refractivity (Wildman–Crippen MR) is 162 cm³/mol. The first-order valence-electron chi connectivity index (χ1n) is 13.5. The highest BCUT2D eigenvalue weighted by molar-refractivity contribution is 8.17. The Bertz CT molecular complexity index is 1810. The van der Waals surface area contributed by atoms with Gasteiger partial charge in [0.25, 0.3) is 0 Å². The lowest BCUT2D eigenvalue weighted by molar-refractivity contribution is 0.479. The molecule has 0 saturated heterocycles. The molecule has 7 heteroatoms. The molecule has 6 aromatic rings. The minimum Gasteiger partial charge on any atom is -0.457 e. The van der Waals surface area contributed by atoms with Gasteiger partial charge in [-0.15, -0.1) is 0 Å². The molecule has 1 heterocycles. The van der Waals surface area contributed by atoms with Gasteiger partial charge in [0.05, 0.1) is 0 Å². The molecular weight excluding hydrogens is 569 g/mol. The van der Waals surface area contributed by atoms with Crippen LogP contribution in [0, 0.1) is 17.5 Å². The van der Waals surface area contributed by atoms with Gasteiger partial charge in [0.2, 0.25) is 0 Å². The van der Waals surface area contributed by atoms with Crippen molar-refractivity contribution < 1.29 is 27.4 Å². The lowest BCUT2D eigenvalue weighted by Crippen LogP contribution is -1.88. The van der Waals surface area contributed by atoms with Crippen molar-refractivity contribution >= 4 is 10.9 Å². The Morgan fingerprint density at radius 2 is 0.651 bits per heavy atom. The van der Waals surface area contributed by atoms with Crippen molar-refractivity contribution in [3.05, 3.63) is 151 Å². The summed E-state index contributed by atoms with van der Waals surface area (Å²) in [6.07, 6.45) is 0. The molecule has 43 heavy (non-hydrogen) atoms. The van der Waals surface area contributed by atoms with Gasteiger partial charge >= 0.3 is 0 Å². The van der Waals surface area contributed by atoms with Crippen LogP contribution in [0.25, 0.3) is 11.1 Å². The summed E-state index contributed by atoms with van der Waals surface area (Å²) in [5.41, 5.74) is 2.02. The van der Waals surface area contributed by atoms with Gasteiger partial charge in [-0.05, 0) is 149 Å². The maximum atomic E-state index is 13.4. The third-order valence-electron chi connectivity index (χ3n) is 6.95. The van der Waals surface area contributed by atoms with E-state index in [1.54, 1.807) is 36.4 Å². The van der Waals surface area contributed by atoms with Gasteiger partial charge in [-0.2, -0.15) is 10.9 Å². The van der Waals surface area contributed by atoms with Gasteiger partial charge in [0, 0.05) is 9.79 Å². The second-order valence-corrected chi connectivity index (χ2v) is 12.0. The predicted octanol–water partition coefficient (Wildman–Crippen LogP) is 10.9. The zero-order chi connectivity index (χ0) is 29.3. The summed E-state index contributed by atoms with van der Waals surface area (Å²) in [4.78, 5) is 3.44. The highest BCUT2D eigenvalue weighted by Gasteiger charge is 2.28. The minimum atomic E-state index is -0.915. The zero-order valence-corrected chi connectivity index (χ0v) is 23.4. The van der Waals surface area contributed by atoms with Crippen molar-refractivity contribution in [2.24, 2.45) is 0 Å². The molecule has 0 N–H and O–H groups in total.